The highest BCUT2D eigenvalue weighted by atomic mass is 35.5. The van der Waals surface area contributed by atoms with E-state index in [1.165, 1.54) is 5.75 Å². The van der Waals surface area contributed by atoms with Crippen molar-refractivity contribution in [2.45, 2.75) is 11.7 Å². The summed E-state index contributed by atoms with van der Waals surface area (Å²) in [5, 5.41) is 5.60. The molecule has 1 aliphatic rings. The summed E-state index contributed by atoms with van der Waals surface area (Å²) >= 11 is 14.1. The first-order chi connectivity index (χ1) is 7.25. The zero-order valence-electron chi connectivity index (χ0n) is 8.30. The van der Waals surface area contributed by atoms with Crippen molar-refractivity contribution in [1.29, 1.82) is 0 Å². The molecule has 0 saturated carbocycles. The van der Waals surface area contributed by atoms with Crippen molar-refractivity contribution in [3.63, 3.8) is 0 Å². The number of benzene rings is 1. The lowest BCUT2D eigenvalue weighted by atomic mass is 10.1. The summed E-state index contributed by atoms with van der Waals surface area (Å²) in [5.41, 5.74) is 1.16. The van der Waals surface area contributed by atoms with E-state index in [9.17, 15) is 0 Å². The van der Waals surface area contributed by atoms with E-state index in [-0.39, 0.29) is 0 Å². The molecular formula is C11H13Cl2NS. The number of thioether (sulfide) groups is 1. The van der Waals surface area contributed by atoms with Gasteiger partial charge in [0.2, 0.25) is 0 Å². The first-order valence-electron chi connectivity index (χ1n) is 5.02. The Balaban J connectivity index is 2.05. The third-order valence-electron chi connectivity index (χ3n) is 2.46. The van der Waals surface area contributed by atoms with E-state index in [2.05, 4.69) is 5.32 Å². The van der Waals surface area contributed by atoms with Crippen LogP contribution in [0.15, 0.2) is 18.2 Å². The summed E-state index contributed by atoms with van der Waals surface area (Å²) in [5.74, 6) is 1.18. The fourth-order valence-corrected chi connectivity index (χ4v) is 3.21. The monoisotopic (exact) mass is 261 g/mol. The van der Waals surface area contributed by atoms with Crippen molar-refractivity contribution in [2.24, 2.45) is 0 Å². The van der Waals surface area contributed by atoms with Crippen LogP contribution in [-0.4, -0.2) is 24.1 Å². The average molecular weight is 262 g/mol. The van der Waals surface area contributed by atoms with Gasteiger partial charge in [-0.25, -0.2) is 0 Å². The fraction of sp³-hybridized carbons (Fsp3) is 0.455. The van der Waals surface area contributed by atoms with Crippen LogP contribution in [0.25, 0.3) is 0 Å². The van der Waals surface area contributed by atoms with Gasteiger partial charge in [-0.1, -0.05) is 23.2 Å². The summed E-state index contributed by atoms with van der Waals surface area (Å²) in [7, 11) is 0. The third kappa shape index (κ3) is 3.28. The van der Waals surface area contributed by atoms with Gasteiger partial charge < -0.3 is 5.32 Å². The summed E-state index contributed by atoms with van der Waals surface area (Å²) in [6.45, 7) is 2.18. The van der Waals surface area contributed by atoms with Gasteiger partial charge in [0.05, 0.1) is 0 Å². The van der Waals surface area contributed by atoms with Crippen LogP contribution in [0.2, 0.25) is 10.0 Å². The van der Waals surface area contributed by atoms with Crippen LogP contribution >= 0.6 is 35.0 Å². The fourth-order valence-electron chi connectivity index (χ4n) is 1.70. The highest BCUT2D eigenvalue weighted by Gasteiger charge is 2.15. The van der Waals surface area contributed by atoms with Gasteiger partial charge in [0.15, 0.2) is 0 Å². The van der Waals surface area contributed by atoms with Crippen LogP contribution in [0.5, 0.6) is 0 Å². The molecule has 2 rings (SSSR count). The Morgan fingerprint density at radius 2 is 2.27 bits per heavy atom. The molecule has 0 radical (unpaired) electrons. The Kier molecular flexibility index (Phi) is 4.21. The van der Waals surface area contributed by atoms with E-state index in [1.54, 1.807) is 0 Å². The van der Waals surface area contributed by atoms with Crippen molar-refractivity contribution >= 4 is 35.0 Å². The normalized spacial score (nSPS) is 21.6. The highest BCUT2D eigenvalue weighted by molar-refractivity contribution is 8.00. The standard InChI is InChI=1S/C11H13Cl2NS/c12-9-1-2-11(13)8(5-9)6-10-7-14-3-4-15-10/h1-2,5,10,14H,3-4,6-7H2. The second kappa shape index (κ2) is 5.44. The topological polar surface area (TPSA) is 12.0 Å². The largest absolute Gasteiger partial charge is 0.315 e. The molecular weight excluding hydrogens is 249 g/mol. The second-order valence-electron chi connectivity index (χ2n) is 3.64. The van der Waals surface area contributed by atoms with Gasteiger partial charge >= 0.3 is 0 Å². The number of hydrogen-bond donors (Lipinski definition) is 1. The van der Waals surface area contributed by atoms with E-state index >= 15 is 0 Å². The first kappa shape index (κ1) is 11.6. The third-order valence-corrected chi connectivity index (χ3v) is 4.31. The lowest BCUT2D eigenvalue weighted by Gasteiger charge is -2.22. The minimum absolute atomic E-state index is 0.620. The Bertz CT molecular complexity index is 337. The van der Waals surface area contributed by atoms with Crippen molar-refractivity contribution < 1.29 is 0 Å². The van der Waals surface area contributed by atoms with Crippen LogP contribution in [-0.2, 0) is 6.42 Å². The summed E-state index contributed by atoms with van der Waals surface area (Å²) in [4.78, 5) is 0. The Morgan fingerprint density at radius 1 is 1.40 bits per heavy atom. The molecule has 1 aromatic carbocycles. The smallest absolute Gasteiger partial charge is 0.0439 e. The van der Waals surface area contributed by atoms with Crippen LogP contribution in [0, 0.1) is 0 Å². The molecule has 1 saturated heterocycles. The van der Waals surface area contributed by atoms with E-state index in [4.69, 9.17) is 23.2 Å². The maximum atomic E-state index is 6.13. The molecule has 0 aliphatic carbocycles. The SMILES string of the molecule is Clc1ccc(Cl)c(CC2CNCCS2)c1. The molecule has 15 heavy (non-hydrogen) atoms. The molecule has 4 heteroatoms. The number of nitrogens with one attached hydrogen (secondary N) is 1. The molecule has 1 unspecified atom stereocenters. The molecule has 1 heterocycles. The van der Waals surface area contributed by atoms with E-state index < -0.39 is 0 Å². The van der Waals surface area contributed by atoms with E-state index in [0.29, 0.717) is 5.25 Å². The number of rotatable bonds is 2. The summed E-state index contributed by atoms with van der Waals surface area (Å²) in [6, 6.07) is 5.68. The molecule has 1 aromatic rings. The zero-order valence-corrected chi connectivity index (χ0v) is 10.6. The predicted molar refractivity (Wildman–Crippen MR) is 69.3 cm³/mol. The molecule has 0 bridgehead atoms. The molecule has 1 nitrogen and oxygen atoms in total. The summed E-state index contributed by atoms with van der Waals surface area (Å²) in [6.07, 6.45) is 0.997. The maximum Gasteiger partial charge on any atom is 0.0439 e. The van der Waals surface area contributed by atoms with Crippen molar-refractivity contribution in [3.05, 3.63) is 33.8 Å². The van der Waals surface area contributed by atoms with Crippen molar-refractivity contribution in [2.75, 3.05) is 18.8 Å². The molecule has 0 spiro atoms. The van der Waals surface area contributed by atoms with Crippen molar-refractivity contribution in [1.82, 2.24) is 5.32 Å². The lowest BCUT2D eigenvalue weighted by molar-refractivity contribution is 0.667. The predicted octanol–water partition coefficient (Wildman–Crippen LogP) is 3.24. The van der Waals surface area contributed by atoms with Gasteiger partial charge in [0.25, 0.3) is 0 Å². The van der Waals surface area contributed by atoms with Crippen LogP contribution in [0.1, 0.15) is 5.56 Å². The van der Waals surface area contributed by atoms with Gasteiger partial charge in [-0.3, -0.25) is 0 Å². The molecule has 82 valence electrons. The second-order valence-corrected chi connectivity index (χ2v) is 5.89. The minimum atomic E-state index is 0.620. The maximum absolute atomic E-state index is 6.13. The van der Waals surface area contributed by atoms with Crippen LogP contribution in [0.4, 0.5) is 0 Å². The van der Waals surface area contributed by atoms with E-state index in [0.717, 1.165) is 35.1 Å². The van der Waals surface area contributed by atoms with Gasteiger partial charge in [-0.05, 0) is 30.2 Å². The number of halogens is 2. The lowest BCUT2D eigenvalue weighted by Crippen LogP contribution is -2.33. The van der Waals surface area contributed by atoms with Crippen LogP contribution in [0.3, 0.4) is 0 Å². The Labute approximate surface area is 105 Å². The molecule has 1 fully saturated rings. The van der Waals surface area contributed by atoms with Gasteiger partial charge in [0.1, 0.15) is 0 Å². The molecule has 0 aromatic heterocycles. The molecule has 1 atom stereocenters. The highest BCUT2D eigenvalue weighted by Crippen LogP contribution is 2.25. The molecule has 1 aliphatic heterocycles. The minimum Gasteiger partial charge on any atom is -0.315 e. The van der Waals surface area contributed by atoms with Gasteiger partial charge in [-0.2, -0.15) is 11.8 Å². The van der Waals surface area contributed by atoms with Gasteiger partial charge in [0, 0.05) is 34.1 Å². The number of hydrogen-bond acceptors (Lipinski definition) is 2. The average Bonchev–Trinajstić information content (AvgIpc) is 2.25. The first-order valence-corrected chi connectivity index (χ1v) is 6.82. The van der Waals surface area contributed by atoms with Crippen molar-refractivity contribution in [3.8, 4) is 0 Å². The summed E-state index contributed by atoms with van der Waals surface area (Å²) < 4.78 is 0. The molecule has 0 amide bonds. The van der Waals surface area contributed by atoms with E-state index in [1.807, 2.05) is 30.0 Å². The molecule has 1 N–H and O–H groups in total. The Morgan fingerprint density at radius 3 is 3.00 bits per heavy atom. The Hall–Kier alpha value is 0.110. The quantitative estimate of drug-likeness (QED) is 0.878. The zero-order chi connectivity index (χ0) is 10.7. The van der Waals surface area contributed by atoms with Crippen LogP contribution < -0.4 is 5.32 Å². The van der Waals surface area contributed by atoms with Gasteiger partial charge in [-0.15, -0.1) is 0 Å².